The van der Waals surface area contributed by atoms with Crippen LogP contribution in [0.1, 0.15) is 49.3 Å². The summed E-state index contributed by atoms with van der Waals surface area (Å²) >= 11 is 6.18. The molecule has 3 N–H and O–H groups in total. The molecule has 5 nitrogen and oxygen atoms in total. The van der Waals surface area contributed by atoms with Gasteiger partial charge in [0.2, 0.25) is 0 Å². The molecule has 0 bridgehead atoms. The molecule has 2 aliphatic rings. The number of halogens is 1. The zero-order chi connectivity index (χ0) is 19.4. The summed E-state index contributed by atoms with van der Waals surface area (Å²) in [4.78, 5) is 12.3. The fraction of sp³-hybridized carbons (Fsp3) is 0.381. The van der Waals surface area contributed by atoms with Crippen molar-refractivity contribution >= 4 is 17.6 Å². The summed E-state index contributed by atoms with van der Waals surface area (Å²) in [5.74, 6) is 0.503. The van der Waals surface area contributed by atoms with Crippen LogP contribution in [0.2, 0.25) is 5.02 Å². The molecular formula is C21H23ClN2O3. The van der Waals surface area contributed by atoms with Gasteiger partial charge in [-0.25, -0.2) is 4.79 Å². The van der Waals surface area contributed by atoms with Gasteiger partial charge >= 0.3 is 6.03 Å². The van der Waals surface area contributed by atoms with Crippen molar-refractivity contribution in [3.05, 3.63) is 58.1 Å². The third-order valence-corrected chi connectivity index (χ3v) is 5.60. The summed E-state index contributed by atoms with van der Waals surface area (Å²) in [5, 5.41) is 16.3. The van der Waals surface area contributed by atoms with Gasteiger partial charge in [0, 0.05) is 35.9 Å². The van der Waals surface area contributed by atoms with Crippen LogP contribution in [0.25, 0.3) is 0 Å². The van der Waals surface area contributed by atoms with Crippen LogP contribution in [0.4, 0.5) is 4.79 Å². The number of urea groups is 1. The Bertz CT molecular complexity index is 910. The van der Waals surface area contributed by atoms with Gasteiger partial charge < -0.3 is 20.5 Å². The number of fused-ring (bicyclic) bond motifs is 1. The van der Waals surface area contributed by atoms with Crippen molar-refractivity contribution in [2.75, 3.05) is 0 Å². The van der Waals surface area contributed by atoms with Gasteiger partial charge in [-0.2, -0.15) is 0 Å². The van der Waals surface area contributed by atoms with Gasteiger partial charge in [0.05, 0.1) is 5.02 Å². The smallest absolute Gasteiger partial charge is 0.318 e. The van der Waals surface area contributed by atoms with E-state index in [-0.39, 0.29) is 17.7 Å². The summed E-state index contributed by atoms with van der Waals surface area (Å²) < 4.78 is 6.29. The van der Waals surface area contributed by atoms with E-state index >= 15 is 0 Å². The van der Waals surface area contributed by atoms with Gasteiger partial charge in [-0.3, -0.25) is 0 Å². The van der Waals surface area contributed by atoms with E-state index < -0.39 is 11.3 Å². The normalized spacial score (nSPS) is 25.9. The van der Waals surface area contributed by atoms with Crippen LogP contribution in [0.5, 0.6) is 11.5 Å². The minimum Gasteiger partial charge on any atom is -0.506 e. The first-order valence-electron chi connectivity index (χ1n) is 9.05. The maximum Gasteiger partial charge on any atom is 0.318 e. The van der Waals surface area contributed by atoms with Crippen LogP contribution < -0.4 is 15.4 Å². The number of amides is 2. The summed E-state index contributed by atoms with van der Waals surface area (Å²) in [7, 11) is 0. The number of aromatic hydroxyl groups is 1. The first-order chi connectivity index (χ1) is 12.7. The Hall–Kier alpha value is -2.40. The second-order valence-corrected chi connectivity index (χ2v) is 8.65. The molecule has 2 amide bonds. The monoisotopic (exact) mass is 386 g/mol. The highest BCUT2D eigenvalue weighted by atomic mass is 35.5. The molecule has 1 spiro atoms. The van der Waals surface area contributed by atoms with Crippen molar-refractivity contribution in [1.82, 2.24) is 10.6 Å². The minimum absolute atomic E-state index is 0.0124. The summed E-state index contributed by atoms with van der Waals surface area (Å²) in [5.41, 5.74) is 1.95. The molecule has 6 heteroatoms. The molecule has 1 fully saturated rings. The lowest BCUT2D eigenvalue weighted by molar-refractivity contribution is -0.0236. The van der Waals surface area contributed by atoms with Gasteiger partial charge in [-0.15, -0.1) is 0 Å². The molecule has 2 aromatic rings. The molecular weight excluding hydrogens is 364 g/mol. The van der Waals surface area contributed by atoms with E-state index in [9.17, 15) is 9.90 Å². The number of carbonyl (C=O) groups excluding carboxylic acids is 1. The predicted molar refractivity (Wildman–Crippen MR) is 104 cm³/mol. The van der Waals surface area contributed by atoms with Gasteiger partial charge in [-0.1, -0.05) is 41.4 Å². The van der Waals surface area contributed by atoms with Crippen LogP contribution in [0.15, 0.2) is 36.4 Å². The molecule has 0 aromatic heterocycles. The molecule has 1 saturated heterocycles. The summed E-state index contributed by atoms with van der Waals surface area (Å²) in [6.07, 6.45) is 1.18. The Morgan fingerprint density at radius 1 is 1.19 bits per heavy atom. The third kappa shape index (κ3) is 3.32. The van der Waals surface area contributed by atoms with Gasteiger partial charge in [0.25, 0.3) is 0 Å². The van der Waals surface area contributed by atoms with E-state index in [1.165, 1.54) is 5.56 Å². The molecule has 142 valence electrons. The maximum atomic E-state index is 12.3. The lowest BCUT2D eigenvalue weighted by Gasteiger charge is -2.49. The highest BCUT2D eigenvalue weighted by molar-refractivity contribution is 6.32. The number of nitrogens with one attached hydrogen (secondary N) is 2. The van der Waals surface area contributed by atoms with E-state index in [4.69, 9.17) is 16.3 Å². The first kappa shape index (κ1) is 18.0. The fourth-order valence-electron chi connectivity index (χ4n) is 4.24. The topological polar surface area (TPSA) is 70.6 Å². The largest absolute Gasteiger partial charge is 0.506 e. The van der Waals surface area contributed by atoms with E-state index in [2.05, 4.69) is 34.9 Å². The minimum atomic E-state index is -0.853. The van der Waals surface area contributed by atoms with Crippen LogP contribution in [0.3, 0.4) is 0 Å². The summed E-state index contributed by atoms with van der Waals surface area (Å²) in [6, 6.07) is 11.4. The molecule has 0 saturated carbocycles. The number of aryl methyl sites for hydroxylation is 1. The number of carbonyl (C=O) groups is 1. The molecule has 0 aliphatic carbocycles. The first-order valence-corrected chi connectivity index (χ1v) is 9.43. The molecule has 2 aliphatic heterocycles. The molecule has 2 heterocycles. The van der Waals surface area contributed by atoms with E-state index in [0.717, 1.165) is 11.1 Å². The zero-order valence-electron chi connectivity index (χ0n) is 15.6. The van der Waals surface area contributed by atoms with Crippen LogP contribution in [-0.4, -0.2) is 22.4 Å². The van der Waals surface area contributed by atoms with Crippen molar-refractivity contribution in [3.8, 4) is 11.5 Å². The predicted octanol–water partition coefficient (Wildman–Crippen LogP) is 4.45. The van der Waals surface area contributed by atoms with Crippen LogP contribution >= 0.6 is 11.6 Å². The standard InChI is InChI=1S/C21H23ClN2O3/c1-12-4-6-13(7-5-12)15-10-21(11-20(2,3)23-19(26)24-21)27-18-9-17(25)16(22)8-14(15)18/h4-9,15,25H,10-11H2,1-3H3,(H2,23,24,26)/t15-,21-/m1/s1. The van der Waals surface area contributed by atoms with Crippen molar-refractivity contribution in [2.45, 2.75) is 50.8 Å². The van der Waals surface area contributed by atoms with E-state index in [1.807, 2.05) is 20.8 Å². The number of hydrogen-bond donors (Lipinski definition) is 3. The molecule has 27 heavy (non-hydrogen) atoms. The average Bonchev–Trinajstić information content (AvgIpc) is 2.54. The quantitative estimate of drug-likeness (QED) is 0.678. The number of benzene rings is 2. The number of phenolic OH excluding ortho intramolecular Hbond substituents is 1. The highest BCUT2D eigenvalue weighted by Crippen LogP contribution is 2.49. The van der Waals surface area contributed by atoms with Crippen molar-refractivity contribution < 1.29 is 14.6 Å². The number of rotatable bonds is 1. The SMILES string of the molecule is Cc1ccc([C@H]2C[C@]3(CC(C)(C)NC(=O)N3)Oc3cc(O)c(Cl)cc32)cc1. The van der Waals surface area contributed by atoms with E-state index in [1.54, 1.807) is 12.1 Å². The Labute approximate surface area is 163 Å². The van der Waals surface area contributed by atoms with Crippen LogP contribution in [-0.2, 0) is 0 Å². The Morgan fingerprint density at radius 2 is 1.89 bits per heavy atom. The maximum absolute atomic E-state index is 12.3. The zero-order valence-corrected chi connectivity index (χ0v) is 16.4. The molecule has 2 aromatic carbocycles. The lowest BCUT2D eigenvalue weighted by atomic mass is 9.77. The summed E-state index contributed by atoms with van der Waals surface area (Å²) in [6.45, 7) is 6.01. The van der Waals surface area contributed by atoms with E-state index in [0.29, 0.717) is 23.6 Å². The molecule has 2 atom stereocenters. The molecule has 4 rings (SSSR count). The Balaban J connectivity index is 1.84. The Morgan fingerprint density at radius 3 is 2.56 bits per heavy atom. The third-order valence-electron chi connectivity index (χ3n) is 5.29. The van der Waals surface area contributed by atoms with Crippen molar-refractivity contribution in [1.29, 1.82) is 0 Å². The Kier molecular flexibility index (Phi) is 4.04. The van der Waals surface area contributed by atoms with Crippen molar-refractivity contribution in [2.24, 2.45) is 0 Å². The lowest BCUT2D eigenvalue weighted by Crippen LogP contribution is -2.69. The fourth-order valence-corrected chi connectivity index (χ4v) is 4.41. The molecule has 0 unspecified atom stereocenters. The average molecular weight is 387 g/mol. The van der Waals surface area contributed by atoms with Gasteiger partial charge in [0.1, 0.15) is 11.5 Å². The second kappa shape index (κ2) is 6.06. The van der Waals surface area contributed by atoms with Crippen LogP contribution in [0, 0.1) is 6.92 Å². The van der Waals surface area contributed by atoms with Gasteiger partial charge in [0.15, 0.2) is 5.72 Å². The number of phenols is 1. The molecule has 0 radical (unpaired) electrons. The number of ether oxygens (including phenoxy) is 1. The highest BCUT2D eigenvalue weighted by Gasteiger charge is 2.49. The second-order valence-electron chi connectivity index (χ2n) is 8.24. The van der Waals surface area contributed by atoms with Gasteiger partial charge in [-0.05, 0) is 32.4 Å². The van der Waals surface area contributed by atoms with Crippen molar-refractivity contribution in [3.63, 3.8) is 0 Å². The number of hydrogen-bond acceptors (Lipinski definition) is 3.